The monoisotopic (exact) mass is 371 g/mol. The van der Waals surface area contributed by atoms with Gasteiger partial charge in [0.05, 0.1) is 10.9 Å². The first-order chi connectivity index (χ1) is 12.9. The van der Waals surface area contributed by atoms with Crippen LogP contribution in [-0.4, -0.2) is 39.0 Å². The van der Waals surface area contributed by atoms with Crippen molar-refractivity contribution < 1.29 is 34.4 Å². The summed E-state index contributed by atoms with van der Waals surface area (Å²) in [6.07, 6.45) is 1.12. The minimum absolute atomic E-state index is 0.0502. The summed E-state index contributed by atoms with van der Waals surface area (Å²) >= 11 is 0. The maximum Gasteiger partial charge on any atom is 0.328 e. The number of carboxylic acids is 2. The van der Waals surface area contributed by atoms with E-state index in [0.717, 1.165) is 10.8 Å². The summed E-state index contributed by atoms with van der Waals surface area (Å²) in [5.41, 5.74) is 0.168. The molecule has 1 aliphatic heterocycles. The number of aromatic amines is 1. The van der Waals surface area contributed by atoms with E-state index in [9.17, 15) is 19.5 Å². The molecule has 0 radical (unpaired) electrons. The Morgan fingerprint density at radius 2 is 1.56 bits per heavy atom. The first kappa shape index (κ1) is 17.8. The van der Waals surface area contributed by atoms with Gasteiger partial charge in [-0.2, -0.15) is 0 Å². The molecule has 27 heavy (non-hydrogen) atoms. The third kappa shape index (κ3) is 3.66. The Morgan fingerprint density at radius 3 is 2.15 bits per heavy atom. The van der Waals surface area contributed by atoms with Crippen LogP contribution in [0, 0.1) is 0 Å². The first-order valence-electron chi connectivity index (χ1n) is 7.58. The molecule has 138 valence electrons. The quantitative estimate of drug-likeness (QED) is 0.394. The minimum atomic E-state index is -1.26. The zero-order valence-corrected chi connectivity index (χ0v) is 13.6. The maximum atomic E-state index is 12.1. The van der Waals surface area contributed by atoms with E-state index in [1.165, 1.54) is 6.07 Å². The molecule has 2 heterocycles. The summed E-state index contributed by atoms with van der Waals surface area (Å²) in [7, 11) is 0. The Morgan fingerprint density at radius 1 is 0.963 bits per heavy atom. The fraction of sp³-hybridized carbons (Fsp3) is 0.0556. The SMILES string of the molecule is O=C(O)/C=C/C(=O)O.O=c1[nH]c2c(O)cccc2c2cc3c(cc12)OCO3. The van der Waals surface area contributed by atoms with Gasteiger partial charge in [0.25, 0.3) is 5.56 Å². The number of nitrogens with one attached hydrogen (secondary N) is 1. The van der Waals surface area contributed by atoms with Crippen molar-refractivity contribution >= 4 is 33.6 Å². The third-order valence-electron chi connectivity index (χ3n) is 3.70. The average Bonchev–Trinajstić information content (AvgIpc) is 3.08. The lowest BCUT2D eigenvalue weighted by Crippen LogP contribution is -2.06. The van der Waals surface area contributed by atoms with Crippen molar-refractivity contribution in [1.82, 2.24) is 4.98 Å². The van der Waals surface area contributed by atoms with Crippen LogP contribution in [-0.2, 0) is 9.59 Å². The van der Waals surface area contributed by atoms with Gasteiger partial charge in [-0.1, -0.05) is 12.1 Å². The smallest absolute Gasteiger partial charge is 0.328 e. The summed E-state index contributed by atoms with van der Waals surface area (Å²) in [5.74, 6) is -1.28. The Hall–Kier alpha value is -4.01. The van der Waals surface area contributed by atoms with Gasteiger partial charge in [-0.25, -0.2) is 9.59 Å². The lowest BCUT2D eigenvalue weighted by Gasteiger charge is -2.06. The Balaban J connectivity index is 0.000000226. The Labute approximate surface area is 150 Å². The number of aromatic nitrogens is 1. The summed E-state index contributed by atoms with van der Waals surface area (Å²) in [6.45, 7) is 0.159. The van der Waals surface area contributed by atoms with E-state index in [4.69, 9.17) is 19.7 Å². The van der Waals surface area contributed by atoms with Crippen LogP contribution < -0.4 is 15.0 Å². The van der Waals surface area contributed by atoms with Crippen molar-refractivity contribution in [3.05, 3.63) is 52.8 Å². The van der Waals surface area contributed by atoms with Gasteiger partial charge in [-0.15, -0.1) is 0 Å². The second-order valence-electron chi connectivity index (χ2n) is 5.41. The number of carbonyl (C=O) groups is 2. The number of phenols is 1. The van der Waals surface area contributed by atoms with Crippen LogP contribution in [0.1, 0.15) is 0 Å². The number of para-hydroxylation sites is 1. The highest BCUT2D eigenvalue weighted by atomic mass is 16.7. The van der Waals surface area contributed by atoms with Crippen molar-refractivity contribution in [2.24, 2.45) is 0 Å². The number of phenolic OH excluding ortho intramolecular Hbond substituents is 1. The Kier molecular flexibility index (Phi) is 4.67. The van der Waals surface area contributed by atoms with Gasteiger partial charge in [0.15, 0.2) is 11.5 Å². The van der Waals surface area contributed by atoms with E-state index in [0.29, 0.717) is 34.6 Å². The molecule has 1 aliphatic rings. The van der Waals surface area contributed by atoms with E-state index < -0.39 is 11.9 Å². The molecule has 0 bridgehead atoms. The molecule has 3 aromatic rings. The van der Waals surface area contributed by atoms with Gasteiger partial charge < -0.3 is 29.8 Å². The number of ether oxygens (including phenoxy) is 2. The highest BCUT2D eigenvalue weighted by molar-refractivity contribution is 6.08. The lowest BCUT2D eigenvalue weighted by atomic mass is 10.1. The van der Waals surface area contributed by atoms with Crippen LogP contribution in [0.2, 0.25) is 0 Å². The van der Waals surface area contributed by atoms with E-state index in [-0.39, 0.29) is 18.1 Å². The molecule has 1 aromatic heterocycles. The molecule has 9 nitrogen and oxygen atoms in total. The van der Waals surface area contributed by atoms with Gasteiger partial charge in [0, 0.05) is 22.9 Å². The molecular weight excluding hydrogens is 358 g/mol. The number of hydrogen-bond donors (Lipinski definition) is 4. The molecule has 0 atom stereocenters. The van der Waals surface area contributed by atoms with E-state index in [2.05, 4.69) is 4.98 Å². The normalized spacial score (nSPS) is 12.1. The van der Waals surface area contributed by atoms with Gasteiger partial charge >= 0.3 is 11.9 Å². The van der Waals surface area contributed by atoms with Crippen LogP contribution >= 0.6 is 0 Å². The number of benzene rings is 2. The topological polar surface area (TPSA) is 146 Å². The summed E-state index contributed by atoms with van der Waals surface area (Å²) in [4.78, 5) is 33.9. The number of rotatable bonds is 2. The van der Waals surface area contributed by atoms with Crippen LogP contribution in [0.4, 0.5) is 0 Å². The molecule has 0 saturated carbocycles. The average molecular weight is 371 g/mol. The number of H-pyrrole nitrogens is 1. The van der Waals surface area contributed by atoms with Crippen molar-refractivity contribution in [3.63, 3.8) is 0 Å². The number of hydrogen-bond acceptors (Lipinski definition) is 6. The molecule has 4 rings (SSSR count). The maximum absolute atomic E-state index is 12.1. The standard InChI is InChI=1S/C14H9NO4.C4H4O4/c16-10-3-1-2-7-8-4-11-12(19-6-18-11)5-9(8)14(17)15-13(7)10;5-3(6)1-2-4(7)8/h1-5,16H,6H2,(H,15,17);1-2H,(H,5,6)(H,7,8)/b;2-1+. The van der Waals surface area contributed by atoms with Crippen LogP contribution in [0.3, 0.4) is 0 Å². The van der Waals surface area contributed by atoms with Gasteiger partial charge in [0.1, 0.15) is 5.75 Å². The zero-order chi connectivity index (χ0) is 19.6. The van der Waals surface area contributed by atoms with Crippen LogP contribution in [0.5, 0.6) is 17.2 Å². The van der Waals surface area contributed by atoms with Crippen molar-refractivity contribution in [1.29, 1.82) is 0 Å². The highest BCUT2D eigenvalue weighted by Gasteiger charge is 2.17. The van der Waals surface area contributed by atoms with E-state index in [1.54, 1.807) is 18.2 Å². The molecule has 2 aromatic carbocycles. The Bertz CT molecular complexity index is 1130. The largest absolute Gasteiger partial charge is 0.506 e. The molecule has 0 unspecified atom stereocenters. The molecule has 0 aliphatic carbocycles. The highest BCUT2D eigenvalue weighted by Crippen LogP contribution is 2.37. The molecule has 4 N–H and O–H groups in total. The predicted molar refractivity (Wildman–Crippen MR) is 94.3 cm³/mol. The zero-order valence-electron chi connectivity index (χ0n) is 13.6. The van der Waals surface area contributed by atoms with E-state index in [1.807, 2.05) is 6.07 Å². The fourth-order valence-electron chi connectivity index (χ4n) is 2.57. The summed E-state index contributed by atoms with van der Waals surface area (Å²) in [5, 5.41) is 27.5. The van der Waals surface area contributed by atoms with Crippen LogP contribution in [0.15, 0.2) is 47.3 Å². The molecule has 0 fully saturated rings. The summed E-state index contributed by atoms with van der Waals surface area (Å²) < 4.78 is 10.6. The number of aliphatic carboxylic acids is 2. The molecule has 0 spiro atoms. The van der Waals surface area contributed by atoms with E-state index >= 15 is 0 Å². The number of carboxylic acid groups (broad SMARTS) is 2. The predicted octanol–water partition coefficient (Wildman–Crippen LogP) is 1.83. The van der Waals surface area contributed by atoms with Crippen molar-refractivity contribution in [2.45, 2.75) is 0 Å². The third-order valence-corrected chi connectivity index (χ3v) is 3.70. The molecular formula is C18H13NO8. The van der Waals surface area contributed by atoms with Gasteiger partial charge in [-0.3, -0.25) is 4.79 Å². The first-order valence-corrected chi connectivity index (χ1v) is 7.58. The molecule has 9 heteroatoms. The minimum Gasteiger partial charge on any atom is -0.506 e. The molecule has 0 saturated heterocycles. The van der Waals surface area contributed by atoms with Crippen LogP contribution in [0.25, 0.3) is 21.7 Å². The number of pyridine rings is 1. The number of aromatic hydroxyl groups is 1. The second-order valence-corrected chi connectivity index (χ2v) is 5.41. The van der Waals surface area contributed by atoms with Gasteiger partial charge in [-0.05, 0) is 18.2 Å². The van der Waals surface area contributed by atoms with Crippen molar-refractivity contribution in [2.75, 3.05) is 6.79 Å². The fourth-order valence-corrected chi connectivity index (χ4v) is 2.57. The summed E-state index contributed by atoms with van der Waals surface area (Å²) in [6, 6.07) is 8.56. The lowest BCUT2D eigenvalue weighted by molar-refractivity contribution is -0.134. The molecule has 0 amide bonds. The van der Waals surface area contributed by atoms with Gasteiger partial charge in [0.2, 0.25) is 6.79 Å². The second kappa shape index (κ2) is 7.08. The number of fused-ring (bicyclic) bond motifs is 4. The van der Waals surface area contributed by atoms with Crippen molar-refractivity contribution in [3.8, 4) is 17.2 Å².